The molecule has 2 aromatic rings. The summed E-state index contributed by atoms with van der Waals surface area (Å²) in [6.07, 6.45) is 0.915. The lowest BCUT2D eigenvalue weighted by Gasteiger charge is -2.09. The first-order valence-corrected chi connectivity index (χ1v) is 7.85. The van der Waals surface area contributed by atoms with Gasteiger partial charge in [-0.2, -0.15) is 5.26 Å². The van der Waals surface area contributed by atoms with Gasteiger partial charge in [0.25, 0.3) is 0 Å². The fraction of sp³-hybridized carbons (Fsp3) is 0.235. The minimum atomic E-state index is 0.700. The Hall–Kier alpha value is -2.12. The number of nitriles is 1. The van der Waals surface area contributed by atoms with Gasteiger partial charge in [0.1, 0.15) is 0 Å². The predicted octanol–water partition coefficient (Wildman–Crippen LogP) is 4.01. The van der Waals surface area contributed by atoms with E-state index < -0.39 is 0 Å². The van der Waals surface area contributed by atoms with Gasteiger partial charge in [0, 0.05) is 17.1 Å². The van der Waals surface area contributed by atoms with Crippen molar-refractivity contribution in [1.29, 1.82) is 5.26 Å². The quantitative estimate of drug-likeness (QED) is 0.803. The summed E-state index contributed by atoms with van der Waals surface area (Å²) in [7, 11) is 0. The second-order valence-electron chi connectivity index (χ2n) is 4.76. The van der Waals surface area contributed by atoms with E-state index in [4.69, 9.17) is 14.7 Å². The van der Waals surface area contributed by atoms with Crippen LogP contribution >= 0.6 is 11.8 Å². The van der Waals surface area contributed by atoms with Crippen LogP contribution in [0.4, 0.5) is 0 Å². The lowest BCUT2D eigenvalue weighted by molar-refractivity contribution is 0.297. The molecule has 1 aliphatic rings. The lowest BCUT2D eigenvalue weighted by atomic mass is 10.2. The van der Waals surface area contributed by atoms with Gasteiger partial charge in [0.05, 0.1) is 24.8 Å². The van der Waals surface area contributed by atoms with E-state index in [1.54, 1.807) is 11.8 Å². The monoisotopic (exact) mass is 297 g/mol. The van der Waals surface area contributed by atoms with Crippen LogP contribution in [-0.2, 0) is 5.75 Å². The summed E-state index contributed by atoms with van der Waals surface area (Å²) in [5.41, 5.74) is 1.85. The highest BCUT2D eigenvalue weighted by Crippen LogP contribution is 2.34. The fourth-order valence-electron chi connectivity index (χ4n) is 2.13. The van der Waals surface area contributed by atoms with Crippen molar-refractivity contribution in [2.45, 2.75) is 17.1 Å². The molecular weight excluding hydrogens is 282 g/mol. The zero-order valence-corrected chi connectivity index (χ0v) is 12.4. The van der Waals surface area contributed by atoms with Crippen molar-refractivity contribution in [1.82, 2.24) is 0 Å². The molecular formula is C17H15NO2S. The summed E-state index contributed by atoms with van der Waals surface area (Å²) in [5.74, 6) is 2.47. The van der Waals surface area contributed by atoms with Crippen LogP contribution in [0.15, 0.2) is 47.4 Å². The number of rotatable bonds is 3. The van der Waals surface area contributed by atoms with E-state index in [-0.39, 0.29) is 0 Å². The topological polar surface area (TPSA) is 42.2 Å². The smallest absolute Gasteiger partial charge is 0.162 e. The van der Waals surface area contributed by atoms with Crippen molar-refractivity contribution in [2.75, 3.05) is 13.2 Å². The third-order valence-corrected chi connectivity index (χ3v) is 4.25. The molecule has 0 unspecified atom stereocenters. The van der Waals surface area contributed by atoms with Crippen LogP contribution in [0.5, 0.6) is 11.5 Å². The third-order valence-electron chi connectivity index (χ3n) is 3.18. The number of ether oxygens (including phenoxy) is 2. The normalized spacial score (nSPS) is 13.3. The Morgan fingerprint density at radius 3 is 2.76 bits per heavy atom. The number of nitrogens with zero attached hydrogens (tertiary/aromatic N) is 1. The molecule has 0 saturated heterocycles. The van der Waals surface area contributed by atoms with E-state index in [0.29, 0.717) is 18.8 Å². The molecule has 0 atom stereocenters. The van der Waals surface area contributed by atoms with E-state index >= 15 is 0 Å². The van der Waals surface area contributed by atoms with E-state index in [0.717, 1.165) is 34.1 Å². The van der Waals surface area contributed by atoms with Crippen LogP contribution in [0.2, 0.25) is 0 Å². The first-order valence-electron chi connectivity index (χ1n) is 6.86. The molecule has 1 aliphatic heterocycles. The van der Waals surface area contributed by atoms with E-state index in [1.165, 1.54) is 0 Å². The van der Waals surface area contributed by atoms with E-state index in [9.17, 15) is 0 Å². The van der Waals surface area contributed by atoms with Gasteiger partial charge in [-0.3, -0.25) is 0 Å². The molecule has 0 radical (unpaired) electrons. The number of hydrogen-bond acceptors (Lipinski definition) is 4. The number of thioether (sulfide) groups is 1. The van der Waals surface area contributed by atoms with Gasteiger partial charge in [-0.05, 0) is 35.9 Å². The van der Waals surface area contributed by atoms with Gasteiger partial charge in [0.2, 0.25) is 0 Å². The first kappa shape index (κ1) is 13.8. The van der Waals surface area contributed by atoms with Crippen molar-refractivity contribution < 1.29 is 9.47 Å². The Kier molecular flexibility index (Phi) is 4.32. The van der Waals surface area contributed by atoms with Gasteiger partial charge >= 0.3 is 0 Å². The van der Waals surface area contributed by atoms with Gasteiger partial charge in [0.15, 0.2) is 11.5 Å². The Morgan fingerprint density at radius 2 is 1.90 bits per heavy atom. The zero-order chi connectivity index (χ0) is 14.5. The molecule has 3 rings (SSSR count). The molecule has 0 amide bonds. The molecule has 0 saturated carbocycles. The van der Waals surface area contributed by atoms with Gasteiger partial charge < -0.3 is 9.47 Å². The van der Waals surface area contributed by atoms with Crippen molar-refractivity contribution in [3.63, 3.8) is 0 Å². The SMILES string of the molecule is N#Cc1cccc(CSc2ccc3c(c2)OCCCO3)c1. The molecule has 1 heterocycles. The molecule has 0 spiro atoms. The summed E-state index contributed by atoms with van der Waals surface area (Å²) in [6, 6.07) is 15.9. The highest BCUT2D eigenvalue weighted by Gasteiger charge is 2.10. The Labute approximate surface area is 128 Å². The van der Waals surface area contributed by atoms with Crippen LogP contribution in [0.1, 0.15) is 17.5 Å². The summed E-state index contributed by atoms with van der Waals surface area (Å²) in [6.45, 7) is 1.41. The van der Waals surface area contributed by atoms with Crippen LogP contribution < -0.4 is 9.47 Å². The molecule has 0 aromatic heterocycles. The number of benzene rings is 2. The second kappa shape index (κ2) is 6.55. The lowest BCUT2D eigenvalue weighted by Crippen LogP contribution is -1.97. The Morgan fingerprint density at radius 1 is 1.05 bits per heavy atom. The molecule has 3 nitrogen and oxygen atoms in total. The molecule has 0 bridgehead atoms. The minimum absolute atomic E-state index is 0.700. The molecule has 2 aromatic carbocycles. The third kappa shape index (κ3) is 3.50. The van der Waals surface area contributed by atoms with E-state index in [1.807, 2.05) is 42.5 Å². The second-order valence-corrected chi connectivity index (χ2v) is 5.81. The minimum Gasteiger partial charge on any atom is -0.490 e. The summed E-state index contributed by atoms with van der Waals surface area (Å²) >= 11 is 1.73. The summed E-state index contributed by atoms with van der Waals surface area (Å²) in [5, 5.41) is 8.92. The van der Waals surface area contributed by atoms with Crippen LogP contribution in [-0.4, -0.2) is 13.2 Å². The molecule has 4 heteroatoms. The maximum atomic E-state index is 8.92. The average molecular weight is 297 g/mol. The zero-order valence-electron chi connectivity index (χ0n) is 11.5. The van der Waals surface area contributed by atoms with Gasteiger partial charge in [-0.25, -0.2) is 0 Å². The summed E-state index contributed by atoms with van der Waals surface area (Å²) < 4.78 is 11.3. The Bertz CT molecular complexity index is 679. The molecule has 0 fully saturated rings. The van der Waals surface area contributed by atoms with Crippen molar-refractivity contribution in [3.8, 4) is 17.6 Å². The number of fused-ring (bicyclic) bond motifs is 1. The van der Waals surface area contributed by atoms with Crippen molar-refractivity contribution >= 4 is 11.8 Å². The maximum absolute atomic E-state index is 8.92. The van der Waals surface area contributed by atoms with Crippen LogP contribution in [0.3, 0.4) is 0 Å². The highest BCUT2D eigenvalue weighted by molar-refractivity contribution is 7.98. The first-order chi connectivity index (χ1) is 10.3. The maximum Gasteiger partial charge on any atom is 0.162 e. The van der Waals surface area contributed by atoms with Gasteiger partial charge in [-0.15, -0.1) is 11.8 Å². The van der Waals surface area contributed by atoms with E-state index in [2.05, 4.69) is 6.07 Å². The summed E-state index contributed by atoms with van der Waals surface area (Å²) in [4.78, 5) is 1.14. The Balaban J connectivity index is 1.70. The van der Waals surface area contributed by atoms with Crippen LogP contribution in [0.25, 0.3) is 0 Å². The molecule has 106 valence electrons. The molecule has 0 aliphatic carbocycles. The largest absolute Gasteiger partial charge is 0.490 e. The molecule has 0 N–H and O–H groups in total. The van der Waals surface area contributed by atoms with Gasteiger partial charge in [-0.1, -0.05) is 12.1 Å². The highest BCUT2D eigenvalue weighted by atomic mass is 32.2. The number of hydrogen-bond donors (Lipinski definition) is 0. The van der Waals surface area contributed by atoms with Crippen molar-refractivity contribution in [3.05, 3.63) is 53.6 Å². The average Bonchev–Trinajstić information content (AvgIpc) is 2.78. The fourth-order valence-corrected chi connectivity index (χ4v) is 3.00. The van der Waals surface area contributed by atoms with Crippen LogP contribution in [0, 0.1) is 11.3 Å². The van der Waals surface area contributed by atoms with Crippen molar-refractivity contribution in [2.24, 2.45) is 0 Å². The molecule has 21 heavy (non-hydrogen) atoms. The standard InChI is InChI=1S/C17H15NO2S/c18-11-13-3-1-4-14(9-13)12-21-15-5-6-16-17(10-15)20-8-2-7-19-16/h1,3-6,9-10H,2,7-8,12H2. The predicted molar refractivity (Wildman–Crippen MR) is 82.8 cm³/mol.